The zero-order chi connectivity index (χ0) is 13.2. The van der Waals surface area contributed by atoms with E-state index >= 15 is 0 Å². The van der Waals surface area contributed by atoms with E-state index in [-0.39, 0.29) is 0 Å². The van der Waals surface area contributed by atoms with Crippen molar-refractivity contribution in [1.82, 2.24) is 3.90 Å². The summed E-state index contributed by atoms with van der Waals surface area (Å²) < 4.78 is 2.75. The molecule has 0 amide bonds. The molecular weight excluding hydrogens is 313 g/mol. The first-order chi connectivity index (χ1) is 7.05. The number of nitrogens with zero attached hydrogens (tertiary/aromatic N) is 1. The van der Waals surface area contributed by atoms with E-state index in [0.29, 0.717) is 0 Å². The van der Waals surface area contributed by atoms with Gasteiger partial charge in [-0.15, -0.1) is 34.8 Å². The smallest absolute Gasteiger partial charge is 0.124 e. The van der Waals surface area contributed by atoms with Crippen molar-refractivity contribution in [2.45, 2.75) is 39.3 Å². The van der Waals surface area contributed by atoms with Crippen LogP contribution in [-0.4, -0.2) is 45.1 Å². The molecule has 1 nitrogen and oxygen atoms in total. The Bertz CT molecular complexity index is 196. The Hall–Kier alpha value is 1.48. The summed E-state index contributed by atoms with van der Waals surface area (Å²) in [5.74, 6) is 0. The Balaban J connectivity index is 5.40. The van der Waals surface area contributed by atoms with Crippen LogP contribution in [0, 0.1) is 0 Å². The molecular formula is C9H24Cl3NSi3. The normalized spacial score (nSPS) is 14.6. The molecule has 0 atom stereocenters. The Morgan fingerprint density at radius 3 is 0.938 bits per heavy atom. The lowest BCUT2D eigenvalue weighted by atomic mass is 11.8. The van der Waals surface area contributed by atoms with Gasteiger partial charge in [-0.2, -0.15) is 0 Å². The number of hydrogen-bond acceptors (Lipinski definition) is 1. The number of hydrogen-bond donors (Lipinski definition) is 0. The van der Waals surface area contributed by atoms with Gasteiger partial charge in [-0.25, -0.2) is 0 Å². The first kappa shape index (κ1) is 17.5. The maximum absolute atomic E-state index is 6.19. The van der Waals surface area contributed by atoms with E-state index in [9.17, 15) is 0 Å². The second-order valence-corrected chi connectivity index (χ2v) is 22.9. The maximum Gasteiger partial charge on any atom is 0.124 e. The van der Waals surface area contributed by atoms with Crippen LogP contribution in [0.1, 0.15) is 0 Å². The summed E-state index contributed by atoms with van der Waals surface area (Å²) in [6.45, 7) is 14.0. The molecule has 0 N–H and O–H groups in total. The number of rotatable bonds is 6. The molecule has 0 heterocycles. The van der Waals surface area contributed by atoms with E-state index in [1.165, 1.54) is 0 Å². The highest BCUT2D eigenvalue weighted by molar-refractivity contribution is 7.08. The summed E-state index contributed by atoms with van der Waals surface area (Å²) >= 11 is 18.6. The Kier molecular flexibility index (Phi) is 6.65. The van der Waals surface area contributed by atoms with Gasteiger partial charge in [0, 0.05) is 16.5 Å². The van der Waals surface area contributed by atoms with Crippen molar-refractivity contribution in [2.24, 2.45) is 0 Å². The van der Waals surface area contributed by atoms with Crippen molar-refractivity contribution in [2.75, 3.05) is 16.5 Å². The van der Waals surface area contributed by atoms with Crippen LogP contribution >= 0.6 is 34.8 Å². The van der Waals surface area contributed by atoms with E-state index in [1.54, 1.807) is 0 Å². The largest absolute Gasteiger partial charge is 0.366 e. The molecule has 98 valence electrons. The molecule has 0 saturated carbocycles. The molecule has 0 aliphatic rings. The van der Waals surface area contributed by atoms with Crippen molar-refractivity contribution < 1.29 is 0 Å². The Morgan fingerprint density at radius 1 is 0.625 bits per heavy atom. The molecule has 7 heteroatoms. The summed E-state index contributed by atoms with van der Waals surface area (Å²) in [6, 6.07) is 0. The first-order valence-corrected chi connectivity index (χ1v) is 16.6. The van der Waals surface area contributed by atoms with Gasteiger partial charge in [-0.1, -0.05) is 39.3 Å². The van der Waals surface area contributed by atoms with Crippen LogP contribution in [0.2, 0.25) is 39.3 Å². The molecule has 0 aliphatic carbocycles. The predicted molar refractivity (Wildman–Crippen MR) is 86.4 cm³/mol. The van der Waals surface area contributed by atoms with E-state index < -0.39 is 24.7 Å². The third-order valence-electron chi connectivity index (χ3n) is 2.80. The standard InChI is InChI=1S/C9H24Cl3NSi3/c1-14(2,7-10)13(15(3,4)8-11)16(5,6)9-12/h7-9H2,1-6H3. The van der Waals surface area contributed by atoms with Gasteiger partial charge in [0.1, 0.15) is 24.7 Å². The van der Waals surface area contributed by atoms with Crippen LogP contribution in [0.15, 0.2) is 0 Å². The minimum absolute atomic E-state index is 0.758. The maximum atomic E-state index is 6.19. The van der Waals surface area contributed by atoms with E-state index in [4.69, 9.17) is 34.8 Å². The molecule has 0 radical (unpaired) electrons. The monoisotopic (exact) mass is 335 g/mol. The molecule has 0 aromatic carbocycles. The SMILES string of the molecule is C[Si](C)(CCl)N([Si](C)(C)CCl)[Si](C)(C)CCl. The highest BCUT2D eigenvalue weighted by Gasteiger charge is 2.47. The van der Waals surface area contributed by atoms with Crippen molar-refractivity contribution in [3.8, 4) is 0 Å². The fourth-order valence-corrected chi connectivity index (χ4v) is 27.0. The first-order valence-electron chi connectivity index (χ1n) is 5.53. The van der Waals surface area contributed by atoms with Crippen molar-refractivity contribution in [1.29, 1.82) is 0 Å². The molecule has 16 heavy (non-hydrogen) atoms. The summed E-state index contributed by atoms with van der Waals surface area (Å²) in [6.07, 6.45) is 0. The molecule has 0 bridgehead atoms. The molecule has 0 spiro atoms. The van der Waals surface area contributed by atoms with Crippen LogP contribution in [-0.2, 0) is 0 Å². The highest BCUT2D eigenvalue weighted by Crippen LogP contribution is 2.29. The van der Waals surface area contributed by atoms with Crippen LogP contribution < -0.4 is 0 Å². The minimum Gasteiger partial charge on any atom is -0.366 e. The second kappa shape index (κ2) is 6.08. The van der Waals surface area contributed by atoms with E-state index in [2.05, 4.69) is 43.2 Å². The number of halogens is 3. The molecule has 0 unspecified atom stereocenters. The lowest BCUT2D eigenvalue weighted by Crippen LogP contribution is -2.74. The second-order valence-electron chi connectivity index (χ2n) is 6.17. The van der Waals surface area contributed by atoms with Gasteiger partial charge >= 0.3 is 0 Å². The summed E-state index contributed by atoms with van der Waals surface area (Å²) in [5, 5.41) is 0. The fourth-order valence-electron chi connectivity index (χ4n) is 2.64. The Labute approximate surface area is 119 Å². The topological polar surface area (TPSA) is 3.24 Å². The molecule has 0 aromatic rings. The van der Waals surface area contributed by atoms with Crippen LogP contribution in [0.3, 0.4) is 0 Å². The summed E-state index contributed by atoms with van der Waals surface area (Å²) in [7, 11) is -4.70. The van der Waals surface area contributed by atoms with E-state index in [0.717, 1.165) is 16.5 Å². The van der Waals surface area contributed by atoms with Gasteiger partial charge < -0.3 is 3.90 Å². The van der Waals surface area contributed by atoms with Gasteiger partial charge in [-0.3, -0.25) is 0 Å². The van der Waals surface area contributed by atoms with Crippen molar-refractivity contribution in [3.05, 3.63) is 0 Å². The van der Waals surface area contributed by atoms with E-state index in [1.807, 2.05) is 0 Å². The van der Waals surface area contributed by atoms with Crippen molar-refractivity contribution >= 4 is 59.5 Å². The fraction of sp³-hybridized carbons (Fsp3) is 1.00. The average Bonchev–Trinajstić information content (AvgIpc) is 2.16. The van der Waals surface area contributed by atoms with Gasteiger partial charge in [0.2, 0.25) is 0 Å². The minimum atomic E-state index is -1.57. The zero-order valence-corrected chi connectivity index (χ0v) is 16.5. The summed E-state index contributed by atoms with van der Waals surface area (Å²) in [4.78, 5) is 0. The van der Waals surface area contributed by atoms with Crippen LogP contribution in [0.25, 0.3) is 0 Å². The average molecular weight is 337 g/mol. The Morgan fingerprint density at radius 2 is 0.812 bits per heavy atom. The highest BCUT2D eigenvalue weighted by atomic mass is 35.5. The van der Waals surface area contributed by atoms with Gasteiger partial charge in [0.25, 0.3) is 0 Å². The molecule has 0 saturated heterocycles. The quantitative estimate of drug-likeness (QED) is 0.518. The molecule has 0 aromatic heterocycles. The van der Waals surface area contributed by atoms with Gasteiger partial charge in [-0.05, 0) is 0 Å². The van der Waals surface area contributed by atoms with Gasteiger partial charge in [0.05, 0.1) is 0 Å². The number of alkyl halides is 3. The lowest BCUT2D eigenvalue weighted by molar-refractivity contribution is 0.891. The van der Waals surface area contributed by atoms with Crippen molar-refractivity contribution in [3.63, 3.8) is 0 Å². The molecule has 0 aliphatic heterocycles. The predicted octanol–water partition coefficient (Wildman–Crippen LogP) is 4.24. The molecule has 0 fully saturated rings. The lowest BCUT2D eigenvalue weighted by Gasteiger charge is -2.53. The third kappa shape index (κ3) is 4.00. The molecule has 0 rings (SSSR count). The third-order valence-corrected chi connectivity index (χ3v) is 25.2. The van der Waals surface area contributed by atoms with Crippen LogP contribution in [0.4, 0.5) is 0 Å². The zero-order valence-electron chi connectivity index (χ0n) is 11.2. The summed E-state index contributed by atoms with van der Waals surface area (Å²) in [5.41, 5.74) is 2.27. The van der Waals surface area contributed by atoms with Gasteiger partial charge in [0.15, 0.2) is 0 Å². The van der Waals surface area contributed by atoms with Crippen LogP contribution in [0.5, 0.6) is 0 Å².